The number of nitrogens with zero attached hydrogens (tertiary/aromatic N) is 1. The first kappa shape index (κ1) is 12.9. The maximum atomic E-state index is 11.5. The molecule has 104 valence electrons. The summed E-state index contributed by atoms with van der Waals surface area (Å²) in [6.45, 7) is 3.07. The number of hydrogen-bond donors (Lipinski definition) is 1. The number of benzene rings is 1. The Bertz CT molecular complexity index is 632. The second-order valence-electron chi connectivity index (χ2n) is 5.24. The summed E-state index contributed by atoms with van der Waals surface area (Å²) >= 11 is 0. The lowest BCUT2D eigenvalue weighted by Crippen LogP contribution is -2.44. The number of rotatable bonds is 3. The van der Waals surface area contributed by atoms with Crippen LogP contribution in [0.1, 0.15) is 22.6 Å². The van der Waals surface area contributed by atoms with Gasteiger partial charge in [-0.1, -0.05) is 24.3 Å². The lowest BCUT2D eigenvalue weighted by atomic mass is 9.94. The second-order valence-corrected chi connectivity index (χ2v) is 5.24. The molecule has 1 aliphatic heterocycles. The quantitative estimate of drug-likeness (QED) is 0.932. The first-order valence-corrected chi connectivity index (χ1v) is 6.72. The predicted octanol–water partition coefficient (Wildman–Crippen LogP) is 2.60. The van der Waals surface area contributed by atoms with E-state index in [0.717, 1.165) is 17.1 Å². The number of carboxylic acids is 1. The number of carbonyl (C=O) groups is 1. The molecule has 0 radical (unpaired) electrons. The molecule has 0 fully saturated rings. The van der Waals surface area contributed by atoms with Crippen LogP contribution in [0.3, 0.4) is 0 Å². The van der Waals surface area contributed by atoms with Crippen LogP contribution in [0.2, 0.25) is 0 Å². The first-order valence-electron chi connectivity index (χ1n) is 6.72. The molecule has 1 N–H and O–H groups in total. The van der Waals surface area contributed by atoms with Gasteiger partial charge in [0.05, 0.1) is 6.54 Å². The molecule has 0 aliphatic carbocycles. The topological polar surface area (TPSA) is 53.7 Å². The Morgan fingerprint density at radius 3 is 2.70 bits per heavy atom. The number of furan rings is 1. The predicted molar refractivity (Wildman–Crippen MR) is 74.3 cm³/mol. The van der Waals surface area contributed by atoms with Gasteiger partial charge in [-0.15, -0.1) is 0 Å². The van der Waals surface area contributed by atoms with Gasteiger partial charge in [0.25, 0.3) is 0 Å². The van der Waals surface area contributed by atoms with Gasteiger partial charge in [0.2, 0.25) is 0 Å². The van der Waals surface area contributed by atoms with Crippen molar-refractivity contribution in [3.05, 3.63) is 59.0 Å². The van der Waals surface area contributed by atoms with E-state index < -0.39 is 12.0 Å². The standard InChI is InChI=1S/C16H17NO3/c1-11-6-7-14(20-11)10-17-9-13-5-3-2-4-12(13)8-15(17)16(18)19/h2-7,15H,8-10H2,1H3,(H,18,19). The average molecular weight is 271 g/mol. The van der Waals surface area contributed by atoms with Gasteiger partial charge in [0, 0.05) is 6.54 Å². The van der Waals surface area contributed by atoms with Crippen LogP contribution in [0.5, 0.6) is 0 Å². The minimum absolute atomic E-state index is 0.490. The largest absolute Gasteiger partial charge is 0.480 e. The molecule has 4 nitrogen and oxygen atoms in total. The molecule has 0 bridgehead atoms. The third kappa shape index (κ3) is 2.47. The van der Waals surface area contributed by atoms with E-state index in [2.05, 4.69) is 6.07 Å². The molecule has 1 aromatic heterocycles. The zero-order valence-corrected chi connectivity index (χ0v) is 11.4. The van der Waals surface area contributed by atoms with Gasteiger partial charge in [-0.2, -0.15) is 0 Å². The molecule has 1 aromatic carbocycles. The van der Waals surface area contributed by atoms with Crippen LogP contribution in [0.4, 0.5) is 0 Å². The van der Waals surface area contributed by atoms with E-state index in [4.69, 9.17) is 4.42 Å². The molecule has 4 heteroatoms. The van der Waals surface area contributed by atoms with E-state index in [1.54, 1.807) is 0 Å². The van der Waals surface area contributed by atoms with Crippen LogP contribution in [0, 0.1) is 6.92 Å². The molecule has 2 aromatic rings. The van der Waals surface area contributed by atoms with E-state index in [0.29, 0.717) is 19.5 Å². The molecule has 0 saturated heterocycles. The number of fused-ring (bicyclic) bond motifs is 1. The molecule has 2 heterocycles. The summed E-state index contributed by atoms with van der Waals surface area (Å²) in [7, 11) is 0. The highest BCUT2D eigenvalue weighted by molar-refractivity contribution is 5.74. The summed E-state index contributed by atoms with van der Waals surface area (Å²) in [5, 5.41) is 9.45. The smallest absolute Gasteiger partial charge is 0.321 e. The summed E-state index contributed by atoms with van der Waals surface area (Å²) < 4.78 is 5.57. The maximum absolute atomic E-state index is 11.5. The van der Waals surface area contributed by atoms with Crippen molar-refractivity contribution in [3.8, 4) is 0 Å². The zero-order valence-electron chi connectivity index (χ0n) is 11.4. The van der Waals surface area contributed by atoms with Crippen molar-refractivity contribution in [2.75, 3.05) is 0 Å². The van der Waals surface area contributed by atoms with Gasteiger partial charge < -0.3 is 9.52 Å². The maximum Gasteiger partial charge on any atom is 0.321 e. The van der Waals surface area contributed by atoms with Gasteiger partial charge in [-0.3, -0.25) is 9.69 Å². The molecule has 0 amide bonds. The zero-order chi connectivity index (χ0) is 14.1. The minimum atomic E-state index is -0.775. The highest BCUT2D eigenvalue weighted by atomic mass is 16.4. The van der Waals surface area contributed by atoms with Crippen molar-refractivity contribution in [2.45, 2.75) is 32.5 Å². The lowest BCUT2D eigenvalue weighted by Gasteiger charge is -2.33. The summed E-state index contributed by atoms with van der Waals surface area (Å²) in [4.78, 5) is 13.5. The minimum Gasteiger partial charge on any atom is -0.480 e. The van der Waals surface area contributed by atoms with E-state index in [9.17, 15) is 9.90 Å². The van der Waals surface area contributed by atoms with Crippen molar-refractivity contribution in [1.82, 2.24) is 4.90 Å². The third-order valence-corrected chi connectivity index (χ3v) is 3.79. The Morgan fingerprint density at radius 1 is 1.30 bits per heavy atom. The van der Waals surface area contributed by atoms with Crippen molar-refractivity contribution < 1.29 is 14.3 Å². The summed E-state index contributed by atoms with van der Waals surface area (Å²) in [6, 6.07) is 11.4. The van der Waals surface area contributed by atoms with E-state index in [-0.39, 0.29) is 0 Å². The average Bonchev–Trinajstić information content (AvgIpc) is 2.83. The van der Waals surface area contributed by atoms with E-state index in [1.165, 1.54) is 5.56 Å². The SMILES string of the molecule is Cc1ccc(CN2Cc3ccccc3CC2C(=O)O)o1. The monoisotopic (exact) mass is 271 g/mol. The van der Waals surface area contributed by atoms with Crippen LogP contribution in [-0.2, 0) is 24.3 Å². The van der Waals surface area contributed by atoms with Crippen LogP contribution < -0.4 is 0 Å². The van der Waals surface area contributed by atoms with Gasteiger partial charge in [-0.25, -0.2) is 0 Å². The fourth-order valence-corrected chi connectivity index (χ4v) is 2.76. The molecule has 1 atom stereocenters. The molecule has 0 spiro atoms. The van der Waals surface area contributed by atoms with E-state index >= 15 is 0 Å². The van der Waals surface area contributed by atoms with E-state index in [1.807, 2.05) is 42.2 Å². The Hall–Kier alpha value is -2.07. The fraction of sp³-hybridized carbons (Fsp3) is 0.312. The van der Waals surface area contributed by atoms with Crippen LogP contribution in [0.15, 0.2) is 40.8 Å². The molecular formula is C16H17NO3. The third-order valence-electron chi connectivity index (χ3n) is 3.79. The Morgan fingerprint density at radius 2 is 2.05 bits per heavy atom. The van der Waals surface area contributed by atoms with Gasteiger partial charge in [0.15, 0.2) is 0 Å². The molecule has 20 heavy (non-hydrogen) atoms. The molecule has 1 aliphatic rings. The summed E-state index contributed by atoms with van der Waals surface area (Å²) in [5.41, 5.74) is 2.33. The van der Waals surface area contributed by atoms with Gasteiger partial charge in [-0.05, 0) is 36.6 Å². The van der Waals surface area contributed by atoms with Crippen molar-refractivity contribution >= 4 is 5.97 Å². The Kier molecular flexibility index (Phi) is 3.32. The first-order chi connectivity index (χ1) is 9.63. The molecule has 1 unspecified atom stereocenters. The lowest BCUT2D eigenvalue weighted by molar-refractivity contribution is -0.144. The Balaban J connectivity index is 1.86. The highest BCUT2D eigenvalue weighted by Crippen LogP contribution is 2.25. The number of hydrogen-bond acceptors (Lipinski definition) is 3. The van der Waals surface area contributed by atoms with Crippen LogP contribution in [0.25, 0.3) is 0 Å². The van der Waals surface area contributed by atoms with Crippen molar-refractivity contribution in [3.63, 3.8) is 0 Å². The molecular weight excluding hydrogens is 254 g/mol. The van der Waals surface area contributed by atoms with Crippen molar-refractivity contribution in [1.29, 1.82) is 0 Å². The summed E-state index contributed by atoms with van der Waals surface area (Å²) in [5.74, 6) is 0.889. The highest BCUT2D eigenvalue weighted by Gasteiger charge is 2.31. The van der Waals surface area contributed by atoms with Crippen LogP contribution in [-0.4, -0.2) is 22.0 Å². The second kappa shape index (κ2) is 5.13. The molecule has 0 saturated carbocycles. The normalized spacial score (nSPS) is 18.8. The summed E-state index contributed by atoms with van der Waals surface area (Å²) in [6.07, 6.45) is 0.547. The van der Waals surface area contributed by atoms with Gasteiger partial charge in [0.1, 0.15) is 17.6 Å². The molecule has 3 rings (SSSR count). The van der Waals surface area contributed by atoms with Crippen molar-refractivity contribution in [2.24, 2.45) is 0 Å². The van der Waals surface area contributed by atoms with Crippen LogP contribution >= 0.6 is 0 Å². The number of aliphatic carboxylic acids is 1. The number of carboxylic acid groups (broad SMARTS) is 1. The van der Waals surface area contributed by atoms with Gasteiger partial charge >= 0.3 is 5.97 Å². The fourth-order valence-electron chi connectivity index (χ4n) is 2.76. The number of aryl methyl sites for hydroxylation is 1. The Labute approximate surface area is 117 Å².